The second-order valence-corrected chi connectivity index (χ2v) is 10.2. The van der Waals surface area contributed by atoms with E-state index in [9.17, 15) is 0 Å². The van der Waals surface area contributed by atoms with E-state index in [2.05, 4.69) is 58.4 Å². The summed E-state index contributed by atoms with van der Waals surface area (Å²) in [6, 6.07) is 0.772. The monoisotopic (exact) mass is 308 g/mol. The molecule has 2 fully saturated rings. The summed E-state index contributed by atoms with van der Waals surface area (Å²) in [5, 5.41) is 0. The molecule has 2 heterocycles. The van der Waals surface area contributed by atoms with Crippen LogP contribution in [-0.2, 0) is 0 Å². The molecule has 0 N–H and O–H groups in total. The summed E-state index contributed by atoms with van der Waals surface area (Å²) in [6.07, 6.45) is 5.59. The van der Waals surface area contributed by atoms with Crippen LogP contribution >= 0.6 is 0 Å². The first kappa shape index (κ1) is 18.3. The predicted octanol–water partition coefficient (Wildman–Crippen LogP) is 4.50. The van der Waals surface area contributed by atoms with Gasteiger partial charge < -0.3 is 4.90 Å². The quantitative estimate of drug-likeness (QED) is 0.741. The van der Waals surface area contributed by atoms with E-state index in [1.165, 1.54) is 51.9 Å². The summed E-state index contributed by atoms with van der Waals surface area (Å²) in [5.41, 5.74) is 0.858. The fourth-order valence-corrected chi connectivity index (χ4v) is 5.03. The van der Waals surface area contributed by atoms with E-state index in [1.54, 1.807) is 0 Å². The van der Waals surface area contributed by atoms with Crippen molar-refractivity contribution in [3.8, 4) is 0 Å². The highest BCUT2D eigenvalue weighted by atomic mass is 15.2. The molecule has 0 spiro atoms. The number of hydrogen-bond donors (Lipinski definition) is 0. The molecule has 0 radical (unpaired) electrons. The molecule has 2 rings (SSSR count). The molecule has 0 bridgehead atoms. The van der Waals surface area contributed by atoms with Gasteiger partial charge in [0.25, 0.3) is 0 Å². The van der Waals surface area contributed by atoms with Crippen molar-refractivity contribution >= 4 is 0 Å². The maximum Gasteiger partial charge on any atom is 0.0144 e. The van der Waals surface area contributed by atoms with Crippen LogP contribution in [0.1, 0.15) is 67.2 Å². The molecule has 2 saturated heterocycles. The third-order valence-corrected chi connectivity index (χ3v) is 6.13. The molecule has 0 aliphatic carbocycles. The van der Waals surface area contributed by atoms with E-state index < -0.39 is 0 Å². The number of hydrogen-bond acceptors (Lipinski definition) is 2. The summed E-state index contributed by atoms with van der Waals surface area (Å²) in [4.78, 5) is 5.41. The van der Waals surface area contributed by atoms with Crippen molar-refractivity contribution in [2.24, 2.45) is 22.7 Å². The Bertz CT molecular complexity index is 350. The molecule has 0 aromatic heterocycles. The molecule has 0 saturated carbocycles. The minimum absolute atomic E-state index is 0.415. The first-order valence-corrected chi connectivity index (χ1v) is 9.51. The molecule has 2 nitrogen and oxygen atoms in total. The van der Waals surface area contributed by atoms with Crippen LogP contribution in [0.5, 0.6) is 0 Å². The lowest BCUT2D eigenvalue weighted by molar-refractivity contribution is -0.00240. The fourth-order valence-electron chi connectivity index (χ4n) is 5.03. The zero-order valence-electron chi connectivity index (χ0n) is 16.3. The largest absolute Gasteiger partial charge is 0.306 e. The summed E-state index contributed by atoms with van der Waals surface area (Å²) in [6.45, 7) is 19.9. The summed E-state index contributed by atoms with van der Waals surface area (Å²) in [7, 11) is 2.31. The van der Waals surface area contributed by atoms with Gasteiger partial charge in [-0.3, -0.25) is 4.90 Å². The fraction of sp³-hybridized carbons (Fsp3) is 1.00. The number of rotatable bonds is 2. The van der Waals surface area contributed by atoms with Gasteiger partial charge in [0.2, 0.25) is 0 Å². The Kier molecular flexibility index (Phi) is 5.65. The van der Waals surface area contributed by atoms with Gasteiger partial charge >= 0.3 is 0 Å². The zero-order chi connectivity index (χ0) is 16.5. The van der Waals surface area contributed by atoms with Crippen molar-refractivity contribution in [2.45, 2.75) is 73.3 Å². The lowest BCUT2D eigenvalue weighted by Gasteiger charge is -2.49. The van der Waals surface area contributed by atoms with E-state index >= 15 is 0 Å². The second-order valence-electron chi connectivity index (χ2n) is 10.2. The molecule has 2 heteroatoms. The summed E-state index contributed by atoms with van der Waals surface area (Å²) in [5.74, 6) is 1.70. The van der Waals surface area contributed by atoms with Crippen molar-refractivity contribution in [2.75, 3.05) is 33.2 Å². The molecule has 2 aliphatic heterocycles. The van der Waals surface area contributed by atoms with Crippen molar-refractivity contribution in [3.05, 3.63) is 0 Å². The third-order valence-electron chi connectivity index (χ3n) is 6.13. The van der Waals surface area contributed by atoms with Gasteiger partial charge in [-0.15, -0.1) is 0 Å². The van der Waals surface area contributed by atoms with E-state index in [-0.39, 0.29) is 0 Å². The SMILES string of the molecule is CN1CCC(C(C)(C)C)C(CN2CCCCC2C(C)(C)C)C1. The molecule has 0 amide bonds. The van der Waals surface area contributed by atoms with Crippen molar-refractivity contribution in [1.82, 2.24) is 9.80 Å². The maximum atomic E-state index is 2.85. The number of likely N-dealkylation sites (tertiary alicyclic amines) is 2. The van der Waals surface area contributed by atoms with Gasteiger partial charge in [0.15, 0.2) is 0 Å². The number of nitrogens with zero attached hydrogens (tertiary/aromatic N) is 2. The minimum Gasteiger partial charge on any atom is -0.306 e. The molecular formula is C20H40N2. The van der Waals surface area contributed by atoms with Gasteiger partial charge in [0.05, 0.1) is 0 Å². The molecule has 2 aliphatic rings. The van der Waals surface area contributed by atoms with Crippen LogP contribution in [0.2, 0.25) is 0 Å². The predicted molar refractivity (Wildman–Crippen MR) is 97.2 cm³/mol. The van der Waals surface area contributed by atoms with E-state index in [0.717, 1.165) is 17.9 Å². The summed E-state index contributed by atoms with van der Waals surface area (Å²) >= 11 is 0. The van der Waals surface area contributed by atoms with Gasteiger partial charge in [-0.1, -0.05) is 48.0 Å². The van der Waals surface area contributed by atoms with Crippen molar-refractivity contribution in [1.29, 1.82) is 0 Å². The average Bonchev–Trinajstić information content (AvgIpc) is 2.36. The second kappa shape index (κ2) is 6.81. The molecule has 0 aromatic carbocycles. The summed E-state index contributed by atoms with van der Waals surface area (Å²) < 4.78 is 0. The zero-order valence-corrected chi connectivity index (χ0v) is 16.3. The molecule has 3 unspecified atom stereocenters. The molecule has 130 valence electrons. The van der Waals surface area contributed by atoms with Gasteiger partial charge in [0, 0.05) is 19.1 Å². The first-order chi connectivity index (χ1) is 10.1. The van der Waals surface area contributed by atoms with Crippen molar-refractivity contribution in [3.63, 3.8) is 0 Å². The van der Waals surface area contributed by atoms with E-state index in [0.29, 0.717) is 10.8 Å². The average molecular weight is 309 g/mol. The molecule has 0 aromatic rings. The van der Waals surface area contributed by atoms with Crippen LogP contribution in [0.3, 0.4) is 0 Å². The Labute approximate surface area is 139 Å². The van der Waals surface area contributed by atoms with Crippen LogP contribution in [0, 0.1) is 22.7 Å². The normalized spacial score (nSPS) is 33.1. The van der Waals surface area contributed by atoms with Gasteiger partial charge in [-0.25, -0.2) is 0 Å². The van der Waals surface area contributed by atoms with Gasteiger partial charge in [-0.05, 0) is 62.1 Å². The number of piperidine rings is 2. The van der Waals surface area contributed by atoms with Crippen LogP contribution in [0.4, 0.5) is 0 Å². The van der Waals surface area contributed by atoms with Gasteiger partial charge in [0.1, 0.15) is 0 Å². The van der Waals surface area contributed by atoms with Crippen molar-refractivity contribution < 1.29 is 0 Å². The molecule has 3 atom stereocenters. The Morgan fingerprint density at radius 1 is 0.864 bits per heavy atom. The Hall–Kier alpha value is -0.0800. The van der Waals surface area contributed by atoms with Crippen LogP contribution in [0.15, 0.2) is 0 Å². The standard InChI is InChI=1S/C20H40N2/c1-19(2,3)17-11-13-21(7)14-16(17)15-22-12-9-8-10-18(22)20(4,5)6/h16-18H,8-15H2,1-7H3. The Morgan fingerprint density at radius 2 is 1.55 bits per heavy atom. The van der Waals surface area contributed by atoms with Crippen LogP contribution in [-0.4, -0.2) is 49.1 Å². The van der Waals surface area contributed by atoms with E-state index in [4.69, 9.17) is 0 Å². The van der Waals surface area contributed by atoms with Crippen LogP contribution in [0.25, 0.3) is 0 Å². The topological polar surface area (TPSA) is 6.48 Å². The lowest BCUT2D eigenvalue weighted by Crippen LogP contribution is -2.53. The maximum absolute atomic E-state index is 2.85. The highest BCUT2D eigenvalue weighted by Crippen LogP contribution is 2.40. The Morgan fingerprint density at radius 3 is 2.14 bits per heavy atom. The van der Waals surface area contributed by atoms with E-state index in [1.807, 2.05) is 0 Å². The highest BCUT2D eigenvalue weighted by Gasteiger charge is 2.39. The first-order valence-electron chi connectivity index (χ1n) is 9.51. The van der Waals surface area contributed by atoms with Crippen LogP contribution < -0.4 is 0 Å². The molecular weight excluding hydrogens is 268 g/mol. The highest BCUT2D eigenvalue weighted by molar-refractivity contribution is 4.92. The Balaban J connectivity index is 2.10. The lowest BCUT2D eigenvalue weighted by atomic mass is 9.69. The molecule has 22 heavy (non-hydrogen) atoms. The smallest absolute Gasteiger partial charge is 0.0144 e. The minimum atomic E-state index is 0.415. The van der Waals surface area contributed by atoms with Gasteiger partial charge in [-0.2, -0.15) is 0 Å². The third kappa shape index (κ3) is 4.47.